The lowest BCUT2D eigenvalue weighted by Gasteiger charge is -2.07. The van der Waals surface area contributed by atoms with E-state index in [1.54, 1.807) is 55.8 Å². The number of hydrogen-bond acceptors (Lipinski definition) is 4. The summed E-state index contributed by atoms with van der Waals surface area (Å²) in [7, 11) is 1.59. The number of aromatic amines is 1. The molecule has 0 saturated heterocycles. The van der Waals surface area contributed by atoms with Crippen LogP contribution in [0.25, 0.3) is 27.5 Å². The van der Waals surface area contributed by atoms with Crippen LogP contribution in [0.4, 0.5) is 0 Å². The zero-order valence-corrected chi connectivity index (χ0v) is 17.3. The molecule has 0 unspecified atom stereocenters. The molecule has 5 aromatic rings. The van der Waals surface area contributed by atoms with Gasteiger partial charge in [-0.3, -0.25) is 19.7 Å². The zero-order chi connectivity index (χ0) is 22.1. The van der Waals surface area contributed by atoms with E-state index in [2.05, 4.69) is 15.4 Å². The SMILES string of the molecule is COc1ccc(-n2[nH]c3c(cnc4ccc(C(=O)NCc5ccccc5)cc43)c2=O)cc1. The molecule has 7 heteroatoms. The minimum atomic E-state index is -0.210. The second-order valence-electron chi connectivity index (χ2n) is 7.40. The summed E-state index contributed by atoms with van der Waals surface area (Å²) in [4.78, 5) is 30.1. The van der Waals surface area contributed by atoms with Gasteiger partial charge in [-0.2, -0.15) is 0 Å². The number of H-pyrrole nitrogens is 1. The molecule has 2 N–H and O–H groups in total. The van der Waals surface area contributed by atoms with E-state index >= 15 is 0 Å². The zero-order valence-electron chi connectivity index (χ0n) is 17.3. The summed E-state index contributed by atoms with van der Waals surface area (Å²) >= 11 is 0. The van der Waals surface area contributed by atoms with Crippen LogP contribution in [0, 0.1) is 0 Å². The van der Waals surface area contributed by atoms with Crippen molar-refractivity contribution in [2.24, 2.45) is 0 Å². The van der Waals surface area contributed by atoms with E-state index in [1.807, 2.05) is 30.3 Å². The van der Waals surface area contributed by atoms with Crippen LogP contribution in [0.1, 0.15) is 15.9 Å². The largest absolute Gasteiger partial charge is 0.497 e. The third kappa shape index (κ3) is 3.50. The summed E-state index contributed by atoms with van der Waals surface area (Å²) in [5.74, 6) is 0.515. The number of rotatable bonds is 5. The smallest absolute Gasteiger partial charge is 0.280 e. The number of amides is 1. The number of pyridine rings is 1. The Bertz CT molecular complexity index is 1490. The van der Waals surface area contributed by atoms with Gasteiger partial charge in [-0.05, 0) is 48.0 Å². The van der Waals surface area contributed by atoms with Gasteiger partial charge in [0.05, 0.1) is 29.2 Å². The molecule has 1 amide bonds. The Balaban J connectivity index is 1.53. The Kier molecular flexibility index (Phi) is 4.91. The molecule has 0 aliphatic carbocycles. The lowest BCUT2D eigenvalue weighted by molar-refractivity contribution is 0.0951. The molecule has 0 atom stereocenters. The summed E-state index contributed by atoms with van der Waals surface area (Å²) in [5.41, 5.74) is 3.32. The number of carbonyl (C=O) groups excluding carboxylic acids is 1. The average molecular weight is 424 g/mol. The molecular weight excluding hydrogens is 404 g/mol. The number of nitrogens with zero attached hydrogens (tertiary/aromatic N) is 2. The number of benzene rings is 3. The first-order valence-corrected chi connectivity index (χ1v) is 10.1. The van der Waals surface area contributed by atoms with Crippen LogP contribution in [0.5, 0.6) is 5.75 Å². The van der Waals surface area contributed by atoms with Crippen molar-refractivity contribution < 1.29 is 9.53 Å². The topological polar surface area (TPSA) is 89.0 Å². The number of methoxy groups -OCH3 is 1. The van der Waals surface area contributed by atoms with E-state index in [1.165, 1.54) is 4.68 Å². The van der Waals surface area contributed by atoms with Crippen LogP contribution in [0.3, 0.4) is 0 Å². The van der Waals surface area contributed by atoms with Gasteiger partial charge in [-0.15, -0.1) is 0 Å². The maximum atomic E-state index is 13.0. The molecule has 0 bridgehead atoms. The number of ether oxygens (including phenoxy) is 1. The molecule has 3 aromatic carbocycles. The van der Waals surface area contributed by atoms with Crippen LogP contribution < -0.4 is 15.6 Å². The van der Waals surface area contributed by atoms with Crippen molar-refractivity contribution in [1.29, 1.82) is 0 Å². The highest BCUT2D eigenvalue weighted by molar-refractivity contribution is 6.06. The van der Waals surface area contributed by atoms with Crippen molar-refractivity contribution in [1.82, 2.24) is 20.1 Å². The molecular formula is C25H20N4O3. The molecule has 0 aliphatic heterocycles. The third-order valence-electron chi connectivity index (χ3n) is 5.41. The minimum Gasteiger partial charge on any atom is -0.497 e. The Hall–Kier alpha value is -4.39. The Labute approximate surface area is 183 Å². The van der Waals surface area contributed by atoms with Crippen molar-refractivity contribution in [3.8, 4) is 11.4 Å². The van der Waals surface area contributed by atoms with Gasteiger partial charge in [-0.1, -0.05) is 30.3 Å². The van der Waals surface area contributed by atoms with Crippen LogP contribution >= 0.6 is 0 Å². The van der Waals surface area contributed by atoms with Gasteiger partial charge >= 0.3 is 0 Å². The van der Waals surface area contributed by atoms with Crippen molar-refractivity contribution in [3.05, 3.63) is 100 Å². The number of aromatic nitrogens is 3. The number of nitrogens with one attached hydrogen (secondary N) is 2. The number of hydrogen-bond donors (Lipinski definition) is 2. The van der Waals surface area contributed by atoms with Crippen LogP contribution in [-0.2, 0) is 6.54 Å². The van der Waals surface area contributed by atoms with E-state index in [4.69, 9.17) is 4.74 Å². The summed E-state index contributed by atoms with van der Waals surface area (Å²) in [5, 5.41) is 7.27. The van der Waals surface area contributed by atoms with Gasteiger partial charge in [0.15, 0.2) is 0 Å². The fourth-order valence-corrected chi connectivity index (χ4v) is 3.69. The average Bonchev–Trinajstić information content (AvgIpc) is 3.19. The highest BCUT2D eigenvalue weighted by Gasteiger charge is 2.14. The van der Waals surface area contributed by atoms with E-state index in [9.17, 15) is 9.59 Å². The van der Waals surface area contributed by atoms with Crippen molar-refractivity contribution in [3.63, 3.8) is 0 Å². The molecule has 32 heavy (non-hydrogen) atoms. The predicted molar refractivity (Wildman–Crippen MR) is 123 cm³/mol. The van der Waals surface area contributed by atoms with Crippen molar-refractivity contribution in [2.45, 2.75) is 6.54 Å². The fourth-order valence-electron chi connectivity index (χ4n) is 3.69. The molecule has 2 heterocycles. The fraction of sp³-hybridized carbons (Fsp3) is 0.0800. The Morgan fingerprint density at radius 2 is 1.81 bits per heavy atom. The molecule has 0 saturated carbocycles. The Morgan fingerprint density at radius 1 is 1.03 bits per heavy atom. The van der Waals surface area contributed by atoms with Gasteiger partial charge < -0.3 is 10.1 Å². The van der Waals surface area contributed by atoms with E-state index in [0.29, 0.717) is 45.4 Å². The first kappa shape index (κ1) is 19.6. The first-order chi connectivity index (χ1) is 15.6. The molecule has 0 spiro atoms. The molecule has 5 rings (SSSR count). The molecule has 0 fully saturated rings. The van der Waals surface area contributed by atoms with Gasteiger partial charge in [0.1, 0.15) is 5.75 Å². The van der Waals surface area contributed by atoms with Crippen molar-refractivity contribution >= 4 is 27.7 Å². The summed E-state index contributed by atoms with van der Waals surface area (Å²) in [6, 6.07) is 22.2. The molecule has 158 valence electrons. The summed E-state index contributed by atoms with van der Waals surface area (Å²) in [6.07, 6.45) is 1.56. The van der Waals surface area contributed by atoms with Gasteiger partial charge in [0.25, 0.3) is 11.5 Å². The Morgan fingerprint density at radius 3 is 2.56 bits per heavy atom. The third-order valence-corrected chi connectivity index (χ3v) is 5.41. The monoisotopic (exact) mass is 424 g/mol. The molecule has 7 nitrogen and oxygen atoms in total. The standard InChI is InChI=1S/C25H20N4O3/c1-32-19-10-8-18(9-11-19)29-25(31)21-15-26-22-12-7-17(13-20(22)23(21)28-29)24(30)27-14-16-5-3-2-4-6-16/h2-13,15,28H,14H2,1H3,(H,27,30). The number of fused-ring (bicyclic) bond motifs is 3. The van der Waals surface area contributed by atoms with E-state index in [0.717, 1.165) is 5.56 Å². The lowest BCUT2D eigenvalue weighted by atomic mass is 10.1. The molecule has 0 aliphatic rings. The van der Waals surface area contributed by atoms with Crippen LogP contribution in [-0.4, -0.2) is 27.8 Å². The van der Waals surface area contributed by atoms with Gasteiger partial charge in [0.2, 0.25) is 0 Å². The maximum absolute atomic E-state index is 13.0. The van der Waals surface area contributed by atoms with E-state index < -0.39 is 0 Å². The maximum Gasteiger partial charge on any atom is 0.280 e. The summed E-state index contributed by atoms with van der Waals surface area (Å²) in [6.45, 7) is 0.435. The predicted octanol–water partition coefficient (Wildman–Crippen LogP) is 3.81. The normalized spacial score (nSPS) is 11.0. The molecule has 0 radical (unpaired) electrons. The van der Waals surface area contributed by atoms with Crippen molar-refractivity contribution in [2.75, 3.05) is 7.11 Å². The quantitative estimate of drug-likeness (QED) is 0.449. The number of carbonyl (C=O) groups is 1. The van der Waals surface area contributed by atoms with Crippen LogP contribution in [0.2, 0.25) is 0 Å². The second kappa shape index (κ2) is 8.03. The first-order valence-electron chi connectivity index (χ1n) is 10.1. The highest BCUT2D eigenvalue weighted by Crippen LogP contribution is 2.23. The lowest BCUT2D eigenvalue weighted by Crippen LogP contribution is -2.22. The molecule has 2 aromatic heterocycles. The second-order valence-corrected chi connectivity index (χ2v) is 7.40. The van der Waals surface area contributed by atoms with E-state index in [-0.39, 0.29) is 11.5 Å². The highest BCUT2D eigenvalue weighted by atomic mass is 16.5. The van der Waals surface area contributed by atoms with Crippen LogP contribution in [0.15, 0.2) is 83.8 Å². The minimum absolute atomic E-state index is 0.190. The van der Waals surface area contributed by atoms with Gasteiger partial charge in [-0.25, -0.2) is 4.68 Å². The van der Waals surface area contributed by atoms with Gasteiger partial charge in [0, 0.05) is 23.7 Å². The summed E-state index contributed by atoms with van der Waals surface area (Å²) < 4.78 is 6.66.